The summed E-state index contributed by atoms with van der Waals surface area (Å²) in [5, 5.41) is 5.91. The number of hydrogen-bond donors (Lipinski definition) is 2. The van der Waals surface area contributed by atoms with Gasteiger partial charge in [0.1, 0.15) is 0 Å². The van der Waals surface area contributed by atoms with Crippen molar-refractivity contribution in [2.75, 3.05) is 29.9 Å². The van der Waals surface area contributed by atoms with Gasteiger partial charge >= 0.3 is 0 Å². The lowest BCUT2D eigenvalue weighted by Crippen LogP contribution is -2.38. The molecule has 0 unspecified atom stereocenters. The van der Waals surface area contributed by atoms with Crippen LogP contribution in [0.25, 0.3) is 0 Å². The highest BCUT2D eigenvalue weighted by Crippen LogP contribution is 2.38. The number of hydrogen-bond acceptors (Lipinski definition) is 4. The van der Waals surface area contributed by atoms with E-state index in [1.165, 1.54) is 17.3 Å². The Morgan fingerprint density at radius 2 is 2.11 bits per heavy atom. The minimum atomic E-state index is -0.437. The molecule has 28 heavy (non-hydrogen) atoms. The summed E-state index contributed by atoms with van der Waals surface area (Å²) in [5.74, 6) is -0.282. The molecular formula is C21H24ClN3O2S. The van der Waals surface area contributed by atoms with Gasteiger partial charge in [-0.05, 0) is 49.7 Å². The van der Waals surface area contributed by atoms with E-state index in [1.807, 2.05) is 12.1 Å². The predicted octanol–water partition coefficient (Wildman–Crippen LogP) is 4.09. The number of nitrogens with one attached hydrogen (secondary N) is 2. The first-order chi connectivity index (χ1) is 13.5. The number of anilines is 2. The van der Waals surface area contributed by atoms with Crippen LogP contribution in [-0.2, 0) is 9.59 Å². The van der Waals surface area contributed by atoms with Gasteiger partial charge in [0.05, 0.1) is 10.9 Å². The average molecular weight is 418 g/mol. The zero-order valence-corrected chi connectivity index (χ0v) is 17.6. The molecule has 5 nitrogen and oxygen atoms in total. The zero-order chi connectivity index (χ0) is 20.1. The van der Waals surface area contributed by atoms with Gasteiger partial charge in [-0.2, -0.15) is 0 Å². The maximum atomic E-state index is 12.3. The van der Waals surface area contributed by atoms with E-state index in [4.69, 9.17) is 11.6 Å². The SMILES string of the molecule is CCN(CCNC(=O)C[C@H]1Sc2ccc(Cl)cc2NC1=O)c1cccc(C)c1. The predicted molar refractivity (Wildman–Crippen MR) is 116 cm³/mol. The second kappa shape index (κ2) is 9.34. The number of carbonyl (C=O) groups is 2. The van der Waals surface area contributed by atoms with E-state index in [-0.39, 0.29) is 18.2 Å². The molecule has 0 bridgehead atoms. The molecule has 3 rings (SSSR count). The number of halogens is 1. The molecule has 0 spiro atoms. The molecule has 0 radical (unpaired) electrons. The van der Waals surface area contributed by atoms with Crippen molar-refractivity contribution in [3.05, 3.63) is 53.1 Å². The number of carbonyl (C=O) groups excluding carboxylic acids is 2. The summed E-state index contributed by atoms with van der Waals surface area (Å²) in [6.07, 6.45) is 0.148. The summed E-state index contributed by atoms with van der Waals surface area (Å²) < 4.78 is 0. The van der Waals surface area contributed by atoms with Gasteiger partial charge in [-0.3, -0.25) is 9.59 Å². The lowest BCUT2D eigenvalue weighted by molar-refractivity contribution is -0.124. The fourth-order valence-corrected chi connectivity index (χ4v) is 4.39. The van der Waals surface area contributed by atoms with Gasteiger partial charge in [-0.25, -0.2) is 0 Å². The molecule has 1 atom stereocenters. The number of rotatable bonds is 7. The number of nitrogens with zero attached hydrogens (tertiary/aromatic N) is 1. The van der Waals surface area contributed by atoms with Crippen LogP contribution < -0.4 is 15.5 Å². The van der Waals surface area contributed by atoms with Gasteiger partial charge in [0, 0.05) is 41.7 Å². The number of likely N-dealkylation sites (N-methyl/N-ethyl adjacent to an activating group) is 1. The summed E-state index contributed by atoms with van der Waals surface area (Å²) in [5.41, 5.74) is 3.06. The van der Waals surface area contributed by atoms with Gasteiger partial charge in [-0.1, -0.05) is 23.7 Å². The molecule has 2 aromatic rings. The van der Waals surface area contributed by atoms with Crippen molar-refractivity contribution in [3.63, 3.8) is 0 Å². The third kappa shape index (κ3) is 5.20. The lowest BCUT2D eigenvalue weighted by Gasteiger charge is -2.25. The third-order valence-electron chi connectivity index (χ3n) is 4.58. The molecule has 1 heterocycles. The molecule has 2 N–H and O–H groups in total. The van der Waals surface area contributed by atoms with Crippen LogP contribution in [0.2, 0.25) is 5.02 Å². The fraction of sp³-hybridized carbons (Fsp3) is 0.333. The topological polar surface area (TPSA) is 61.4 Å². The van der Waals surface area contributed by atoms with Gasteiger partial charge < -0.3 is 15.5 Å². The summed E-state index contributed by atoms with van der Waals surface area (Å²) in [7, 11) is 0. The van der Waals surface area contributed by atoms with E-state index in [1.54, 1.807) is 12.1 Å². The molecule has 1 aliphatic heterocycles. The van der Waals surface area contributed by atoms with Gasteiger partial charge in [0.2, 0.25) is 11.8 Å². The molecule has 2 aromatic carbocycles. The standard InChI is InChI=1S/C21H24ClN3O2S/c1-3-25(16-6-4-5-14(2)11-16)10-9-23-20(26)13-19-21(27)24-17-12-15(22)7-8-18(17)28-19/h4-8,11-12,19H,3,9-10,13H2,1-2H3,(H,23,26)(H,24,27)/t19-/m1/s1. The highest BCUT2D eigenvalue weighted by atomic mass is 35.5. The van der Waals surface area contributed by atoms with Crippen molar-refractivity contribution in [2.24, 2.45) is 0 Å². The molecule has 1 aliphatic rings. The van der Waals surface area contributed by atoms with Crippen LogP contribution in [0.1, 0.15) is 18.9 Å². The molecule has 0 saturated carbocycles. The molecule has 0 aliphatic carbocycles. The Bertz CT molecular complexity index is 874. The first-order valence-corrected chi connectivity index (χ1v) is 10.6. The van der Waals surface area contributed by atoms with Gasteiger partial charge in [0.25, 0.3) is 0 Å². The van der Waals surface area contributed by atoms with Crippen molar-refractivity contribution >= 4 is 46.6 Å². The Labute approximate surface area is 174 Å². The van der Waals surface area contributed by atoms with Crippen molar-refractivity contribution < 1.29 is 9.59 Å². The Morgan fingerprint density at radius 3 is 2.86 bits per heavy atom. The van der Waals surface area contributed by atoms with Crippen molar-refractivity contribution in [2.45, 2.75) is 30.4 Å². The second-order valence-corrected chi connectivity index (χ2v) is 8.39. The number of aryl methyl sites for hydroxylation is 1. The van der Waals surface area contributed by atoms with Crippen LogP contribution in [0.5, 0.6) is 0 Å². The van der Waals surface area contributed by atoms with E-state index in [0.717, 1.165) is 23.7 Å². The molecule has 148 valence electrons. The van der Waals surface area contributed by atoms with E-state index in [9.17, 15) is 9.59 Å². The summed E-state index contributed by atoms with van der Waals surface area (Å²) in [6.45, 7) is 6.28. The Kier molecular flexibility index (Phi) is 6.86. The summed E-state index contributed by atoms with van der Waals surface area (Å²) in [4.78, 5) is 27.8. The normalized spacial score (nSPS) is 15.5. The zero-order valence-electron chi connectivity index (χ0n) is 16.0. The molecule has 0 fully saturated rings. The third-order valence-corrected chi connectivity index (χ3v) is 6.09. The van der Waals surface area contributed by atoms with E-state index in [2.05, 4.69) is 47.6 Å². The fourth-order valence-electron chi connectivity index (χ4n) is 3.12. The van der Waals surface area contributed by atoms with E-state index in [0.29, 0.717) is 17.3 Å². The molecular weight excluding hydrogens is 394 g/mol. The average Bonchev–Trinajstić information content (AvgIpc) is 2.66. The first kappa shape index (κ1) is 20.6. The quantitative estimate of drug-likeness (QED) is 0.712. The highest BCUT2D eigenvalue weighted by molar-refractivity contribution is 8.01. The van der Waals surface area contributed by atoms with Crippen LogP contribution in [0.4, 0.5) is 11.4 Å². The molecule has 0 saturated heterocycles. The van der Waals surface area contributed by atoms with Crippen LogP contribution in [-0.4, -0.2) is 36.7 Å². The summed E-state index contributed by atoms with van der Waals surface area (Å²) in [6, 6.07) is 13.7. The summed E-state index contributed by atoms with van der Waals surface area (Å²) >= 11 is 7.37. The maximum absolute atomic E-state index is 12.3. The molecule has 7 heteroatoms. The van der Waals surface area contributed by atoms with Crippen LogP contribution in [0.3, 0.4) is 0 Å². The smallest absolute Gasteiger partial charge is 0.238 e. The Balaban J connectivity index is 1.50. The van der Waals surface area contributed by atoms with E-state index < -0.39 is 5.25 Å². The number of amides is 2. The number of thioether (sulfide) groups is 1. The maximum Gasteiger partial charge on any atom is 0.238 e. The minimum absolute atomic E-state index is 0.120. The minimum Gasteiger partial charge on any atom is -0.370 e. The van der Waals surface area contributed by atoms with Crippen LogP contribution in [0.15, 0.2) is 47.4 Å². The van der Waals surface area contributed by atoms with Crippen LogP contribution >= 0.6 is 23.4 Å². The largest absolute Gasteiger partial charge is 0.370 e. The van der Waals surface area contributed by atoms with E-state index >= 15 is 0 Å². The number of benzene rings is 2. The van der Waals surface area contributed by atoms with Crippen molar-refractivity contribution in [1.29, 1.82) is 0 Å². The Hall–Kier alpha value is -2.18. The monoisotopic (exact) mass is 417 g/mol. The highest BCUT2D eigenvalue weighted by Gasteiger charge is 2.29. The number of fused-ring (bicyclic) bond motifs is 1. The van der Waals surface area contributed by atoms with Crippen molar-refractivity contribution in [3.8, 4) is 0 Å². The van der Waals surface area contributed by atoms with Crippen molar-refractivity contribution in [1.82, 2.24) is 5.32 Å². The lowest BCUT2D eigenvalue weighted by atomic mass is 10.2. The Morgan fingerprint density at radius 1 is 1.29 bits per heavy atom. The first-order valence-electron chi connectivity index (χ1n) is 9.31. The molecule has 0 aromatic heterocycles. The second-order valence-electron chi connectivity index (χ2n) is 6.71. The van der Waals surface area contributed by atoms with Crippen LogP contribution in [0, 0.1) is 6.92 Å². The van der Waals surface area contributed by atoms with Gasteiger partial charge in [-0.15, -0.1) is 11.8 Å². The molecule has 2 amide bonds. The van der Waals surface area contributed by atoms with Gasteiger partial charge in [0.15, 0.2) is 0 Å².